The molecule has 3 aromatic rings. The van der Waals surface area contributed by atoms with Crippen LogP contribution in [0.3, 0.4) is 0 Å². The Balaban J connectivity index is 1.34. The third-order valence-electron chi connectivity index (χ3n) is 6.66. The molecule has 172 valence electrons. The Morgan fingerprint density at radius 3 is 2.64 bits per heavy atom. The topological polar surface area (TPSA) is 80.0 Å². The maximum absolute atomic E-state index is 12.7. The number of aliphatic carboxylic acids is 1. The number of halogens is 2. The highest BCUT2D eigenvalue weighted by molar-refractivity contribution is 9.10. The van der Waals surface area contributed by atoms with Crippen LogP contribution in [0.4, 0.5) is 0 Å². The smallest absolute Gasteiger partial charge is 0.306 e. The number of fused-ring (bicyclic) bond motifs is 1. The number of carboxylic acid groups (broad SMARTS) is 1. The number of rotatable bonds is 5. The van der Waals surface area contributed by atoms with E-state index in [0.29, 0.717) is 39.1 Å². The summed E-state index contributed by atoms with van der Waals surface area (Å²) in [6.07, 6.45) is 3.21. The quantitative estimate of drug-likeness (QED) is 0.462. The van der Waals surface area contributed by atoms with Gasteiger partial charge in [-0.2, -0.15) is 0 Å². The number of piperidine rings is 1. The Morgan fingerprint density at radius 1 is 1.15 bits per heavy atom. The predicted molar refractivity (Wildman–Crippen MR) is 130 cm³/mol. The molecule has 2 heterocycles. The van der Waals surface area contributed by atoms with E-state index >= 15 is 0 Å². The molecule has 6 nitrogen and oxygen atoms in total. The Bertz CT molecular complexity index is 1260. The monoisotopic (exact) mass is 531 g/mol. The minimum atomic E-state index is -0.687. The van der Waals surface area contributed by atoms with Crippen molar-refractivity contribution in [2.45, 2.75) is 37.8 Å². The molecule has 2 aromatic carbocycles. The van der Waals surface area contributed by atoms with Crippen molar-refractivity contribution < 1.29 is 19.1 Å². The Kier molecular flexibility index (Phi) is 6.20. The molecule has 1 aliphatic heterocycles. The van der Waals surface area contributed by atoms with E-state index in [2.05, 4.69) is 20.8 Å². The lowest BCUT2D eigenvalue weighted by molar-refractivity contribution is -0.147. The van der Waals surface area contributed by atoms with Gasteiger partial charge in [-0.25, -0.2) is 0 Å². The number of ether oxygens (including phenoxy) is 1. The minimum absolute atomic E-state index is 0.0282. The van der Waals surface area contributed by atoms with Crippen molar-refractivity contribution in [2.24, 2.45) is 5.92 Å². The van der Waals surface area contributed by atoms with Gasteiger partial charge in [0, 0.05) is 29.7 Å². The largest absolute Gasteiger partial charge is 0.490 e. The molecular formula is C25H23BrClNO5. The van der Waals surface area contributed by atoms with Gasteiger partial charge >= 0.3 is 5.97 Å². The van der Waals surface area contributed by atoms with Crippen LogP contribution in [0, 0.1) is 5.92 Å². The number of hydrogen-bond acceptors (Lipinski definition) is 5. The summed E-state index contributed by atoms with van der Waals surface area (Å²) in [7, 11) is 0. The van der Waals surface area contributed by atoms with Gasteiger partial charge in [0.25, 0.3) is 0 Å². The van der Waals surface area contributed by atoms with E-state index in [-0.39, 0.29) is 17.5 Å². The van der Waals surface area contributed by atoms with E-state index in [4.69, 9.17) is 25.9 Å². The molecule has 1 saturated carbocycles. The van der Waals surface area contributed by atoms with Gasteiger partial charge in [-0.3, -0.25) is 9.59 Å². The lowest BCUT2D eigenvalue weighted by Crippen LogP contribution is -2.51. The molecule has 33 heavy (non-hydrogen) atoms. The third-order valence-corrected chi connectivity index (χ3v) is 7.46. The number of para-hydroxylation sites is 1. The van der Waals surface area contributed by atoms with Crippen molar-refractivity contribution in [1.82, 2.24) is 4.90 Å². The van der Waals surface area contributed by atoms with Crippen molar-refractivity contribution in [2.75, 3.05) is 13.1 Å². The second-order valence-electron chi connectivity index (χ2n) is 8.75. The van der Waals surface area contributed by atoms with Gasteiger partial charge in [0.05, 0.1) is 21.9 Å². The molecule has 0 bridgehead atoms. The summed E-state index contributed by atoms with van der Waals surface area (Å²) >= 11 is 9.80. The fraction of sp³-hybridized carbons (Fsp3) is 0.360. The van der Waals surface area contributed by atoms with Crippen LogP contribution in [0.1, 0.15) is 25.7 Å². The molecule has 1 saturated heterocycles. The van der Waals surface area contributed by atoms with E-state index in [1.54, 1.807) is 18.2 Å². The summed E-state index contributed by atoms with van der Waals surface area (Å²) < 4.78 is 13.3. The summed E-state index contributed by atoms with van der Waals surface area (Å²) in [5, 5.41) is 9.94. The molecule has 8 heteroatoms. The zero-order valence-electron chi connectivity index (χ0n) is 17.8. The van der Waals surface area contributed by atoms with Gasteiger partial charge in [-0.1, -0.05) is 33.6 Å². The standard InChI is InChI=1S/C25H23BrClNO5/c26-15-4-5-19(23-13-21(29)18-2-1-3-20(27)24(18)33-23)22(12-15)32-17-6-8-28(9-7-17)16-10-14(11-16)25(30)31/h1-5,12-14,16-17H,6-11H2,(H,30,31). The molecule has 0 amide bonds. The first-order valence-corrected chi connectivity index (χ1v) is 12.2. The number of nitrogens with zero attached hydrogens (tertiary/aromatic N) is 1. The second-order valence-corrected chi connectivity index (χ2v) is 10.1. The van der Waals surface area contributed by atoms with E-state index < -0.39 is 5.97 Å². The van der Waals surface area contributed by atoms with Crippen molar-refractivity contribution in [3.05, 3.63) is 62.2 Å². The highest BCUT2D eigenvalue weighted by Gasteiger charge is 2.39. The maximum Gasteiger partial charge on any atom is 0.306 e. The summed E-state index contributed by atoms with van der Waals surface area (Å²) in [6.45, 7) is 1.76. The summed E-state index contributed by atoms with van der Waals surface area (Å²) in [4.78, 5) is 26.1. The van der Waals surface area contributed by atoms with Crippen LogP contribution in [0.5, 0.6) is 5.75 Å². The van der Waals surface area contributed by atoms with Gasteiger partial charge in [-0.05, 0) is 56.0 Å². The van der Waals surface area contributed by atoms with Gasteiger partial charge in [0.2, 0.25) is 0 Å². The average Bonchev–Trinajstić information content (AvgIpc) is 2.74. The van der Waals surface area contributed by atoms with Gasteiger partial charge in [0.1, 0.15) is 17.6 Å². The maximum atomic E-state index is 12.7. The van der Waals surface area contributed by atoms with Crippen LogP contribution < -0.4 is 10.2 Å². The van der Waals surface area contributed by atoms with Crippen molar-refractivity contribution in [3.8, 4) is 17.1 Å². The Morgan fingerprint density at radius 2 is 1.91 bits per heavy atom. The molecule has 5 rings (SSSR count). The van der Waals surface area contributed by atoms with E-state index in [0.717, 1.165) is 43.2 Å². The normalized spacial score (nSPS) is 21.6. The Labute approximate surface area is 204 Å². The number of benzene rings is 2. The van der Waals surface area contributed by atoms with E-state index in [1.165, 1.54) is 6.07 Å². The molecule has 0 atom stereocenters. The molecule has 2 aliphatic rings. The highest BCUT2D eigenvalue weighted by Crippen LogP contribution is 2.37. The van der Waals surface area contributed by atoms with E-state index in [1.807, 2.05) is 18.2 Å². The molecule has 2 fully saturated rings. The molecule has 1 aromatic heterocycles. The first-order valence-electron chi connectivity index (χ1n) is 11.0. The van der Waals surface area contributed by atoms with Crippen molar-refractivity contribution in [1.29, 1.82) is 0 Å². The second kappa shape index (κ2) is 9.12. The van der Waals surface area contributed by atoms with Gasteiger partial charge in [-0.15, -0.1) is 0 Å². The first-order chi connectivity index (χ1) is 15.9. The van der Waals surface area contributed by atoms with Crippen LogP contribution in [0.15, 0.2) is 56.1 Å². The molecule has 0 radical (unpaired) electrons. The van der Waals surface area contributed by atoms with Crippen LogP contribution in [-0.4, -0.2) is 41.2 Å². The number of hydrogen-bond donors (Lipinski definition) is 1. The molecule has 1 aliphatic carbocycles. The third kappa shape index (κ3) is 4.54. The molecule has 1 N–H and O–H groups in total. The first kappa shape index (κ1) is 22.4. The zero-order valence-corrected chi connectivity index (χ0v) is 20.1. The van der Waals surface area contributed by atoms with Gasteiger partial charge < -0.3 is 19.2 Å². The van der Waals surface area contributed by atoms with Crippen LogP contribution in [0.2, 0.25) is 5.02 Å². The fourth-order valence-corrected chi connectivity index (χ4v) is 5.25. The van der Waals surface area contributed by atoms with Crippen LogP contribution in [-0.2, 0) is 4.79 Å². The molecule has 0 unspecified atom stereocenters. The van der Waals surface area contributed by atoms with Crippen LogP contribution >= 0.6 is 27.5 Å². The lowest BCUT2D eigenvalue weighted by atomic mass is 9.78. The molecule has 0 spiro atoms. The summed E-state index contributed by atoms with van der Waals surface area (Å²) in [5.74, 6) is 0.174. The lowest BCUT2D eigenvalue weighted by Gasteiger charge is -2.44. The molecular weight excluding hydrogens is 510 g/mol. The van der Waals surface area contributed by atoms with E-state index in [9.17, 15) is 9.59 Å². The van der Waals surface area contributed by atoms with Gasteiger partial charge in [0.15, 0.2) is 11.0 Å². The van der Waals surface area contributed by atoms with Crippen LogP contribution in [0.25, 0.3) is 22.3 Å². The van der Waals surface area contributed by atoms with Crippen molar-refractivity contribution >= 4 is 44.5 Å². The highest BCUT2D eigenvalue weighted by atomic mass is 79.9. The number of carboxylic acids is 1. The predicted octanol–water partition coefficient (Wildman–Crippen LogP) is 5.58. The Hall–Kier alpha value is -2.35. The zero-order chi connectivity index (χ0) is 23.1. The summed E-state index contributed by atoms with van der Waals surface area (Å²) in [6, 6.07) is 12.6. The summed E-state index contributed by atoms with van der Waals surface area (Å²) in [5.41, 5.74) is 0.905. The minimum Gasteiger partial charge on any atom is -0.490 e. The average molecular weight is 533 g/mol. The fourth-order valence-electron chi connectivity index (χ4n) is 4.70. The number of likely N-dealkylation sites (tertiary alicyclic amines) is 1. The number of carbonyl (C=O) groups is 1. The SMILES string of the molecule is O=C(O)C1CC(N2CCC(Oc3cc(Br)ccc3-c3cc(=O)c4cccc(Cl)c4o3)CC2)C1. The van der Waals surface area contributed by atoms with Crippen molar-refractivity contribution in [3.63, 3.8) is 0 Å².